The van der Waals surface area contributed by atoms with Crippen LogP contribution in [0.4, 0.5) is 15.8 Å². The topological polar surface area (TPSA) is 72.2 Å². The van der Waals surface area contributed by atoms with Gasteiger partial charge in [-0.2, -0.15) is 0 Å². The first-order valence-electron chi connectivity index (χ1n) is 5.53. The normalized spacial score (nSPS) is 11.3. The molecule has 0 amide bonds. The lowest BCUT2D eigenvalue weighted by atomic mass is 10.2. The van der Waals surface area contributed by atoms with Crippen molar-refractivity contribution in [1.82, 2.24) is 0 Å². The molecular weight excluding hydrogens is 267 g/mol. The van der Waals surface area contributed by atoms with Gasteiger partial charge < -0.3 is 5.73 Å². The molecule has 19 heavy (non-hydrogen) atoms. The maximum atomic E-state index is 12.8. The molecule has 0 atom stereocenters. The third kappa shape index (κ3) is 3.03. The number of benzene rings is 2. The van der Waals surface area contributed by atoms with Gasteiger partial charge in [0.15, 0.2) is 0 Å². The molecule has 0 fully saturated rings. The van der Waals surface area contributed by atoms with E-state index in [1.54, 1.807) is 25.1 Å². The quantitative estimate of drug-likeness (QED) is 0.848. The maximum Gasteiger partial charge on any atom is 0.261 e. The number of anilines is 2. The van der Waals surface area contributed by atoms with Gasteiger partial charge in [-0.25, -0.2) is 12.8 Å². The van der Waals surface area contributed by atoms with Crippen LogP contribution in [0, 0.1) is 12.7 Å². The fourth-order valence-corrected chi connectivity index (χ4v) is 2.62. The van der Waals surface area contributed by atoms with Gasteiger partial charge in [0, 0.05) is 11.4 Å². The standard InChI is InChI=1S/C13H13FN2O2S/c1-9-8-11(4-7-13(9)15)16-19(17,18)12-5-2-10(14)3-6-12/h2-8,16H,15H2,1H3. The zero-order chi connectivity index (χ0) is 14.0. The van der Waals surface area contributed by atoms with Gasteiger partial charge in [-0.05, 0) is 55.0 Å². The average molecular weight is 280 g/mol. The zero-order valence-corrected chi connectivity index (χ0v) is 11.0. The summed E-state index contributed by atoms with van der Waals surface area (Å²) in [7, 11) is -3.72. The number of nitrogens with one attached hydrogen (secondary N) is 1. The Morgan fingerprint density at radius 1 is 1.11 bits per heavy atom. The minimum Gasteiger partial charge on any atom is -0.399 e. The zero-order valence-electron chi connectivity index (χ0n) is 10.2. The highest BCUT2D eigenvalue weighted by Gasteiger charge is 2.14. The summed E-state index contributed by atoms with van der Waals surface area (Å²) in [6, 6.07) is 9.45. The molecule has 0 heterocycles. The van der Waals surface area contributed by atoms with Gasteiger partial charge >= 0.3 is 0 Å². The SMILES string of the molecule is Cc1cc(NS(=O)(=O)c2ccc(F)cc2)ccc1N. The highest BCUT2D eigenvalue weighted by atomic mass is 32.2. The van der Waals surface area contributed by atoms with Crippen molar-refractivity contribution in [1.29, 1.82) is 0 Å². The van der Waals surface area contributed by atoms with Gasteiger partial charge in [0.2, 0.25) is 0 Å². The minimum absolute atomic E-state index is 0.00313. The molecule has 3 N–H and O–H groups in total. The molecule has 0 spiro atoms. The fraction of sp³-hybridized carbons (Fsp3) is 0.0769. The lowest BCUT2D eigenvalue weighted by Gasteiger charge is -2.09. The van der Waals surface area contributed by atoms with Crippen LogP contribution in [0.3, 0.4) is 0 Å². The number of aryl methyl sites for hydroxylation is 1. The Morgan fingerprint density at radius 3 is 2.32 bits per heavy atom. The van der Waals surface area contributed by atoms with Gasteiger partial charge in [0.1, 0.15) is 5.82 Å². The summed E-state index contributed by atoms with van der Waals surface area (Å²) >= 11 is 0. The van der Waals surface area contributed by atoms with Crippen molar-refractivity contribution < 1.29 is 12.8 Å². The molecule has 0 aliphatic heterocycles. The molecule has 0 bridgehead atoms. The van der Waals surface area contributed by atoms with E-state index in [1.165, 1.54) is 12.1 Å². The van der Waals surface area contributed by atoms with E-state index >= 15 is 0 Å². The van der Waals surface area contributed by atoms with Crippen LogP contribution in [0.25, 0.3) is 0 Å². The smallest absolute Gasteiger partial charge is 0.261 e. The van der Waals surface area contributed by atoms with Gasteiger partial charge in [0.05, 0.1) is 4.90 Å². The van der Waals surface area contributed by atoms with Gasteiger partial charge in [-0.15, -0.1) is 0 Å². The third-order valence-corrected chi connectivity index (χ3v) is 4.04. The lowest BCUT2D eigenvalue weighted by Crippen LogP contribution is -2.13. The predicted octanol–water partition coefficient (Wildman–Crippen LogP) is 2.52. The summed E-state index contributed by atoms with van der Waals surface area (Å²) in [4.78, 5) is 0.00313. The van der Waals surface area contributed by atoms with Crippen LogP contribution in [-0.2, 0) is 10.0 Å². The molecule has 0 unspecified atom stereocenters. The summed E-state index contributed by atoms with van der Waals surface area (Å²) in [5, 5.41) is 0. The first-order chi connectivity index (χ1) is 8.88. The van der Waals surface area contributed by atoms with Crippen LogP contribution < -0.4 is 10.5 Å². The molecule has 2 aromatic rings. The average Bonchev–Trinajstić information content (AvgIpc) is 2.34. The molecular formula is C13H13FN2O2S. The van der Waals surface area contributed by atoms with Crippen LogP contribution in [-0.4, -0.2) is 8.42 Å². The summed E-state index contributed by atoms with van der Waals surface area (Å²) in [5.41, 5.74) is 7.44. The molecule has 100 valence electrons. The van der Waals surface area contributed by atoms with Crippen LogP contribution in [0.15, 0.2) is 47.4 Å². The Labute approximate surface area is 111 Å². The van der Waals surface area contributed by atoms with E-state index in [0.717, 1.165) is 17.7 Å². The minimum atomic E-state index is -3.72. The van der Waals surface area contributed by atoms with E-state index in [2.05, 4.69) is 4.72 Å². The molecule has 2 rings (SSSR count). The number of nitrogens with two attached hydrogens (primary N) is 1. The molecule has 2 aromatic carbocycles. The van der Waals surface area contributed by atoms with Crippen molar-refractivity contribution in [3.8, 4) is 0 Å². The highest BCUT2D eigenvalue weighted by Crippen LogP contribution is 2.20. The molecule has 6 heteroatoms. The van der Waals surface area contributed by atoms with E-state index < -0.39 is 15.8 Å². The second-order valence-electron chi connectivity index (χ2n) is 4.13. The van der Waals surface area contributed by atoms with Crippen LogP contribution in [0.2, 0.25) is 0 Å². The number of hydrogen-bond donors (Lipinski definition) is 2. The Bertz CT molecular complexity index is 697. The number of sulfonamides is 1. The van der Waals surface area contributed by atoms with Crippen molar-refractivity contribution in [2.45, 2.75) is 11.8 Å². The molecule has 0 aromatic heterocycles. The van der Waals surface area contributed by atoms with Crippen LogP contribution in [0.1, 0.15) is 5.56 Å². The molecule has 4 nitrogen and oxygen atoms in total. The van der Waals surface area contributed by atoms with E-state index in [9.17, 15) is 12.8 Å². The second kappa shape index (κ2) is 4.89. The van der Waals surface area contributed by atoms with Crippen molar-refractivity contribution in [2.24, 2.45) is 0 Å². The Kier molecular flexibility index (Phi) is 3.44. The van der Waals surface area contributed by atoms with E-state index in [0.29, 0.717) is 11.4 Å². The van der Waals surface area contributed by atoms with Crippen LogP contribution >= 0.6 is 0 Å². The van der Waals surface area contributed by atoms with Crippen molar-refractivity contribution >= 4 is 21.4 Å². The Hall–Kier alpha value is -2.08. The third-order valence-electron chi connectivity index (χ3n) is 2.65. The Morgan fingerprint density at radius 2 is 1.74 bits per heavy atom. The summed E-state index contributed by atoms with van der Waals surface area (Å²) < 4.78 is 39.3. The monoisotopic (exact) mass is 280 g/mol. The lowest BCUT2D eigenvalue weighted by molar-refractivity contribution is 0.599. The van der Waals surface area contributed by atoms with Gasteiger partial charge in [0.25, 0.3) is 10.0 Å². The molecule has 0 aliphatic rings. The van der Waals surface area contributed by atoms with E-state index in [-0.39, 0.29) is 4.90 Å². The molecule has 0 saturated heterocycles. The number of nitrogen functional groups attached to an aromatic ring is 1. The van der Waals surface area contributed by atoms with Crippen molar-refractivity contribution in [3.05, 3.63) is 53.8 Å². The predicted molar refractivity (Wildman–Crippen MR) is 72.8 cm³/mol. The summed E-state index contributed by atoms with van der Waals surface area (Å²) in [6.45, 7) is 1.78. The van der Waals surface area contributed by atoms with E-state index in [4.69, 9.17) is 5.73 Å². The largest absolute Gasteiger partial charge is 0.399 e. The first-order valence-corrected chi connectivity index (χ1v) is 7.01. The number of hydrogen-bond acceptors (Lipinski definition) is 3. The molecule has 0 saturated carbocycles. The summed E-state index contributed by atoms with van der Waals surface area (Å²) in [5.74, 6) is -0.484. The van der Waals surface area contributed by atoms with Gasteiger partial charge in [-0.1, -0.05) is 0 Å². The van der Waals surface area contributed by atoms with E-state index in [1.807, 2.05) is 0 Å². The number of rotatable bonds is 3. The van der Waals surface area contributed by atoms with Crippen molar-refractivity contribution in [2.75, 3.05) is 10.5 Å². The van der Waals surface area contributed by atoms with Gasteiger partial charge in [-0.3, -0.25) is 4.72 Å². The van der Waals surface area contributed by atoms with Crippen LogP contribution in [0.5, 0.6) is 0 Å². The molecule has 0 radical (unpaired) electrons. The molecule has 0 aliphatic carbocycles. The fourth-order valence-electron chi connectivity index (χ4n) is 1.57. The summed E-state index contributed by atoms with van der Waals surface area (Å²) in [6.07, 6.45) is 0. The van der Waals surface area contributed by atoms with Crippen molar-refractivity contribution in [3.63, 3.8) is 0 Å². The maximum absolute atomic E-state index is 12.8. The highest BCUT2D eigenvalue weighted by molar-refractivity contribution is 7.92. The Balaban J connectivity index is 2.30. The number of halogens is 1. The second-order valence-corrected chi connectivity index (χ2v) is 5.81. The first kappa shape index (κ1) is 13.4.